The third-order valence-corrected chi connectivity index (χ3v) is 3.18. The monoisotopic (exact) mass is 321 g/mol. The number of hydrogen-bond acceptors (Lipinski definition) is 6. The van der Waals surface area contributed by atoms with E-state index < -0.39 is 16.0 Å². The van der Waals surface area contributed by atoms with Gasteiger partial charge < -0.3 is 10.1 Å². The van der Waals surface area contributed by atoms with Gasteiger partial charge in [-0.3, -0.25) is 4.55 Å². The summed E-state index contributed by atoms with van der Waals surface area (Å²) in [4.78, 5) is 0. The molecule has 2 aromatic rings. The first-order chi connectivity index (χ1) is 10.5. The molecule has 116 valence electrons. The van der Waals surface area contributed by atoms with E-state index in [9.17, 15) is 8.42 Å². The molecule has 0 spiro atoms. The Morgan fingerprint density at radius 2 is 1.77 bits per heavy atom. The second kappa shape index (κ2) is 7.01. The number of anilines is 1. The van der Waals surface area contributed by atoms with Crippen molar-refractivity contribution in [1.29, 1.82) is 0 Å². The largest absolute Gasteiger partial charge is 0.495 e. The van der Waals surface area contributed by atoms with Crippen LogP contribution in [0, 0.1) is 0 Å². The van der Waals surface area contributed by atoms with Gasteiger partial charge in [0.2, 0.25) is 0 Å². The minimum atomic E-state index is -4.11. The van der Waals surface area contributed by atoms with Gasteiger partial charge in [-0.05, 0) is 24.3 Å². The van der Waals surface area contributed by atoms with Crippen LogP contribution in [-0.2, 0) is 10.1 Å². The molecule has 2 rings (SSSR count). The SMILES string of the molecule is COc1cc(N=Nc2ccccc2)ccc1NCS(=O)(=O)O. The maximum atomic E-state index is 10.7. The summed E-state index contributed by atoms with van der Waals surface area (Å²) in [5, 5.41) is 10.7. The van der Waals surface area contributed by atoms with Crippen LogP contribution in [0.1, 0.15) is 0 Å². The minimum Gasteiger partial charge on any atom is -0.495 e. The van der Waals surface area contributed by atoms with Crippen LogP contribution in [-0.4, -0.2) is 26.0 Å². The Morgan fingerprint density at radius 3 is 2.41 bits per heavy atom. The molecule has 2 aromatic carbocycles. The summed E-state index contributed by atoms with van der Waals surface area (Å²) in [7, 11) is -2.66. The molecule has 0 amide bonds. The molecule has 2 N–H and O–H groups in total. The number of nitrogens with one attached hydrogen (secondary N) is 1. The fourth-order valence-electron chi connectivity index (χ4n) is 1.67. The van der Waals surface area contributed by atoms with Crippen molar-refractivity contribution in [3.8, 4) is 5.75 Å². The predicted molar refractivity (Wildman–Crippen MR) is 83.7 cm³/mol. The number of benzene rings is 2. The summed E-state index contributed by atoms with van der Waals surface area (Å²) in [5.41, 5.74) is 1.70. The van der Waals surface area contributed by atoms with Gasteiger partial charge in [0, 0.05) is 6.07 Å². The number of nitrogens with zero attached hydrogens (tertiary/aromatic N) is 2. The molecule has 0 atom stereocenters. The standard InChI is InChI=1S/C14H15N3O4S/c1-21-14-9-12(17-16-11-5-3-2-4-6-11)7-8-13(14)15-10-22(18,19)20/h2-9,15H,10H2,1H3,(H,18,19,20). The van der Waals surface area contributed by atoms with E-state index >= 15 is 0 Å². The normalized spacial score (nSPS) is 11.5. The maximum absolute atomic E-state index is 10.7. The van der Waals surface area contributed by atoms with Crippen molar-refractivity contribution in [2.45, 2.75) is 0 Å². The highest BCUT2D eigenvalue weighted by molar-refractivity contribution is 7.85. The number of rotatable bonds is 6. The lowest BCUT2D eigenvalue weighted by atomic mass is 10.2. The van der Waals surface area contributed by atoms with Gasteiger partial charge in [-0.1, -0.05) is 18.2 Å². The highest BCUT2D eigenvalue weighted by Gasteiger charge is 2.08. The highest BCUT2D eigenvalue weighted by Crippen LogP contribution is 2.30. The topological polar surface area (TPSA) is 100 Å². The van der Waals surface area contributed by atoms with E-state index in [4.69, 9.17) is 9.29 Å². The molecule has 0 aliphatic carbocycles. The molecule has 0 heterocycles. The molecule has 0 unspecified atom stereocenters. The van der Waals surface area contributed by atoms with Gasteiger partial charge in [0.1, 0.15) is 11.6 Å². The number of ether oxygens (including phenoxy) is 1. The summed E-state index contributed by atoms with van der Waals surface area (Å²) in [5.74, 6) is -0.206. The Bertz CT molecular complexity index is 761. The van der Waals surface area contributed by atoms with Crippen LogP contribution in [0.3, 0.4) is 0 Å². The zero-order chi connectivity index (χ0) is 16.0. The Balaban J connectivity index is 2.16. The molecular weight excluding hydrogens is 306 g/mol. The predicted octanol–water partition coefficient (Wildman–Crippen LogP) is 3.37. The van der Waals surface area contributed by atoms with Crippen molar-refractivity contribution in [2.75, 3.05) is 18.3 Å². The average molecular weight is 321 g/mol. The summed E-state index contributed by atoms with van der Waals surface area (Å²) in [6.45, 7) is 0. The lowest BCUT2D eigenvalue weighted by molar-refractivity contribution is 0.416. The van der Waals surface area contributed by atoms with Crippen LogP contribution >= 0.6 is 0 Å². The van der Waals surface area contributed by atoms with Crippen LogP contribution in [0.4, 0.5) is 17.1 Å². The summed E-state index contributed by atoms with van der Waals surface area (Å²) in [6.07, 6.45) is 0. The van der Waals surface area contributed by atoms with Crippen molar-refractivity contribution < 1.29 is 17.7 Å². The molecule has 0 aliphatic heterocycles. The maximum Gasteiger partial charge on any atom is 0.283 e. The Hall–Kier alpha value is -2.45. The second-order valence-electron chi connectivity index (χ2n) is 4.32. The first-order valence-corrected chi connectivity index (χ1v) is 7.93. The van der Waals surface area contributed by atoms with E-state index in [1.54, 1.807) is 18.2 Å². The van der Waals surface area contributed by atoms with Gasteiger partial charge >= 0.3 is 0 Å². The van der Waals surface area contributed by atoms with E-state index in [-0.39, 0.29) is 0 Å². The van der Waals surface area contributed by atoms with E-state index in [1.165, 1.54) is 7.11 Å². The zero-order valence-electron chi connectivity index (χ0n) is 11.8. The van der Waals surface area contributed by atoms with Crippen molar-refractivity contribution in [3.63, 3.8) is 0 Å². The first kappa shape index (κ1) is 15.9. The molecule has 0 aliphatic rings. The van der Waals surface area contributed by atoms with Crippen molar-refractivity contribution >= 4 is 27.2 Å². The van der Waals surface area contributed by atoms with Crippen LogP contribution in [0.15, 0.2) is 58.8 Å². The van der Waals surface area contributed by atoms with Gasteiger partial charge in [-0.25, -0.2) is 0 Å². The van der Waals surface area contributed by atoms with Gasteiger partial charge in [-0.15, -0.1) is 0 Å². The lowest BCUT2D eigenvalue weighted by Gasteiger charge is -2.10. The molecule has 8 heteroatoms. The van der Waals surface area contributed by atoms with Gasteiger partial charge in [0.25, 0.3) is 10.1 Å². The number of methoxy groups -OCH3 is 1. The molecule has 0 saturated heterocycles. The van der Waals surface area contributed by atoms with Gasteiger partial charge in [0.15, 0.2) is 0 Å². The van der Waals surface area contributed by atoms with Gasteiger partial charge in [0.05, 0.1) is 24.2 Å². The highest BCUT2D eigenvalue weighted by atomic mass is 32.2. The van der Waals surface area contributed by atoms with Crippen LogP contribution < -0.4 is 10.1 Å². The molecule has 22 heavy (non-hydrogen) atoms. The number of azo groups is 1. The molecular formula is C14H15N3O4S. The summed E-state index contributed by atoms with van der Waals surface area (Å²) in [6, 6.07) is 14.1. The minimum absolute atomic E-state index is 0.396. The first-order valence-electron chi connectivity index (χ1n) is 6.32. The fourth-order valence-corrected chi connectivity index (χ4v) is 2.01. The fraction of sp³-hybridized carbons (Fsp3) is 0.143. The molecule has 0 fully saturated rings. The Morgan fingerprint density at radius 1 is 1.09 bits per heavy atom. The van der Waals surface area contributed by atoms with E-state index in [0.29, 0.717) is 17.1 Å². The molecule has 0 bridgehead atoms. The molecule has 0 aromatic heterocycles. The number of hydrogen-bond donors (Lipinski definition) is 2. The average Bonchev–Trinajstić information content (AvgIpc) is 2.51. The molecule has 0 radical (unpaired) electrons. The lowest BCUT2D eigenvalue weighted by Crippen LogP contribution is -2.13. The van der Waals surface area contributed by atoms with Crippen molar-refractivity contribution in [1.82, 2.24) is 0 Å². The van der Waals surface area contributed by atoms with Crippen LogP contribution in [0.25, 0.3) is 0 Å². The van der Waals surface area contributed by atoms with Gasteiger partial charge in [-0.2, -0.15) is 18.6 Å². The molecule has 0 saturated carbocycles. The third-order valence-electron chi connectivity index (χ3n) is 2.67. The second-order valence-corrected chi connectivity index (χ2v) is 5.78. The van der Waals surface area contributed by atoms with Crippen molar-refractivity contribution in [3.05, 3.63) is 48.5 Å². The smallest absolute Gasteiger partial charge is 0.283 e. The van der Waals surface area contributed by atoms with Crippen LogP contribution in [0.2, 0.25) is 0 Å². The Kier molecular flexibility index (Phi) is 5.08. The van der Waals surface area contributed by atoms with Crippen LogP contribution in [0.5, 0.6) is 5.75 Å². The van der Waals surface area contributed by atoms with E-state index in [1.807, 2.05) is 30.3 Å². The Labute approximate surface area is 128 Å². The van der Waals surface area contributed by atoms with E-state index in [0.717, 1.165) is 5.69 Å². The summed E-state index contributed by atoms with van der Waals surface area (Å²) >= 11 is 0. The zero-order valence-corrected chi connectivity index (χ0v) is 12.6. The quantitative estimate of drug-likeness (QED) is 0.627. The third kappa shape index (κ3) is 4.83. The van der Waals surface area contributed by atoms with E-state index in [2.05, 4.69) is 15.5 Å². The summed E-state index contributed by atoms with van der Waals surface area (Å²) < 4.78 is 35.4. The molecule has 7 nitrogen and oxygen atoms in total. The van der Waals surface area contributed by atoms with Crippen molar-refractivity contribution in [2.24, 2.45) is 10.2 Å².